The lowest BCUT2D eigenvalue weighted by atomic mass is 9.96. The summed E-state index contributed by atoms with van der Waals surface area (Å²) in [6.07, 6.45) is 1.55. The highest BCUT2D eigenvalue weighted by Gasteiger charge is 2.31. The van der Waals surface area contributed by atoms with Gasteiger partial charge in [0.1, 0.15) is 5.69 Å². The van der Waals surface area contributed by atoms with Gasteiger partial charge >= 0.3 is 0 Å². The van der Waals surface area contributed by atoms with E-state index in [9.17, 15) is 14.4 Å². The van der Waals surface area contributed by atoms with Crippen LogP contribution < -0.4 is 5.32 Å². The van der Waals surface area contributed by atoms with E-state index in [1.54, 1.807) is 27.3 Å². The zero-order valence-electron chi connectivity index (χ0n) is 17.4. The van der Waals surface area contributed by atoms with Crippen LogP contribution in [-0.2, 0) is 4.79 Å². The molecule has 0 radical (unpaired) electrons. The number of benzene rings is 1. The summed E-state index contributed by atoms with van der Waals surface area (Å²) in [4.78, 5) is 45.8. The Morgan fingerprint density at radius 1 is 1.23 bits per heavy atom. The van der Waals surface area contributed by atoms with E-state index < -0.39 is 5.91 Å². The van der Waals surface area contributed by atoms with Gasteiger partial charge in [-0.15, -0.1) is 11.3 Å². The molecular formula is C21H24Cl2N4O3S. The van der Waals surface area contributed by atoms with Gasteiger partial charge in [0, 0.05) is 37.1 Å². The average molecular weight is 483 g/mol. The number of hydrogen-bond donors (Lipinski definition) is 1. The number of aromatic nitrogens is 1. The summed E-state index contributed by atoms with van der Waals surface area (Å²) in [5, 5.41) is 5.24. The van der Waals surface area contributed by atoms with Crippen LogP contribution in [0.2, 0.25) is 10.0 Å². The second-order valence-corrected chi connectivity index (χ2v) is 8.89. The van der Waals surface area contributed by atoms with Crippen molar-refractivity contribution >= 4 is 57.4 Å². The minimum absolute atomic E-state index is 0.0929. The summed E-state index contributed by atoms with van der Waals surface area (Å²) in [7, 11) is 0. The van der Waals surface area contributed by atoms with Gasteiger partial charge in [-0.2, -0.15) is 0 Å². The monoisotopic (exact) mass is 482 g/mol. The van der Waals surface area contributed by atoms with E-state index in [0.29, 0.717) is 41.9 Å². The highest BCUT2D eigenvalue weighted by atomic mass is 35.5. The summed E-state index contributed by atoms with van der Waals surface area (Å²) in [6.45, 7) is 6.20. The SMILES string of the molecule is CCN(CC)C(=O)[C@H]1CCCN(C(=O)c2csc(NC(=O)c3ccc(Cl)c(Cl)c3)n2)C1. The topological polar surface area (TPSA) is 82.6 Å². The van der Waals surface area contributed by atoms with Crippen LogP contribution in [0.5, 0.6) is 0 Å². The maximum atomic E-state index is 12.9. The third kappa shape index (κ3) is 5.56. The molecule has 0 unspecified atom stereocenters. The van der Waals surface area contributed by atoms with E-state index in [1.807, 2.05) is 13.8 Å². The van der Waals surface area contributed by atoms with Crippen molar-refractivity contribution in [2.75, 3.05) is 31.5 Å². The molecule has 0 bridgehead atoms. The quantitative estimate of drug-likeness (QED) is 0.660. The molecule has 1 saturated heterocycles. The smallest absolute Gasteiger partial charge is 0.273 e. The number of rotatable bonds is 6. The molecule has 31 heavy (non-hydrogen) atoms. The molecule has 7 nitrogen and oxygen atoms in total. The molecule has 1 aliphatic heterocycles. The minimum atomic E-state index is -0.394. The van der Waals surface area contributed by atoms with Crippen molar-refractivity contribution in [3.8, 4) is 0 Å². The van der Waals surface area contributed by atoms with Crippen molar-refractivity contribution in [3.63, 3.8) is 0 Å². The number of carbonyl (C=O) groups is 3. The second-order valence-electron chi connectivity index (χ2n) is 7.22. The number of hydrogen-bond acceptors (Lipinski definition) is 5. The first-order valence-corrected chi connectivity index (χ1v) is 11.8. The van der Waals surface area contributed by atoms with E-state index in [1.165, 1.54) is 17.4 Å². The van der Waals surface area contributed by atoms with Crippen LogP contribution in [0.4, 0.5) is 5.13 Å². The molecule has 1 atom stereocenters. The third-order valence-electron chi connectivity index (χ3n) is 5.26. The van der Waals surface area contributed by atoms with Gasteiger partial charge in [0.2, 0.25) is 5.91 Å². The fourth-order valence-electron chi connectivity index (χ4n) is 3.55. The number of anilines is 1. The molecule has 0 aliphatic carbocycles. The first kappa shape index (κ1) is 23.5. The van der Waals surface area contributed by atoms with Crippen molar-refractivity contribution in [1.82, 2.24) is 14.8 Å². The summed E-state index contributed by atoms with van der Waals surface area (Å²) in [5.41, 5.74) is 0.594. The maximum absolute atomic E-state index is 12.9. The zero-order chi connectivity index (χ0) is 22.5. The van der Waals surface area contributed by atoms with E-state index in [2.05, 4.69) is 10.3 Å². The molecule has 1 aromatic heterocycles. The molecule has 10 heteroatoms. The van der Waals surface area contributed by atoms with Gasteiger partial charge in [0.15, 0.2) is 5.13 Å². The molecule has 1 aliphatic rings. The van der Waals surface area contributed by atoms with E-state index >= 15 is 0 Å². The van der Waals surface area contributed by atoms with Gasteiger partial charge in [-0.05, 0) is 44.9 Å². The molecule has 3 rings (SSSR count). The summed E-state index contributed by atoms with van der Waals surface area (Å²) in [6, 6.07) is 4.57. The van der Waals surface area contributed by atoms with E-state index in [-0.39, 0.29) is 28.4 Å². The normalized spacial score (nSPS) is 16.1. The predicted molar refractivity (Wildman–Crippen MR) is 123 cm³/mol. The van der Waals surface area contributed by atoms with Crippen LogP contribution in [0.25, 0.3) is 0 Å². The molecule has 1 fully saturated rings. The van der Waals surface area contributed by atoms with E-state index in [4.69, 9.17) is 23.2 Å². The fraction of sp³-hybridized carbons (Fsp3) is 0.429. The van der Waals surface area contributed by atoms with Crippen LogP contribution >= 0.6 is 34.5 Å². The average Bonchev–Trinajstić information content (AvgIpc) is 3.24. The number of nitrogens with zero attached hydrogens (tertiary/aromatic N) is 3. The lowest BCUT2D eigenvalue weighted by Crippen LogP contribution is -2.46. The molecule has 1 aromatic carbocycles. The number of halogens is 2. The molecule has 2 heterocycles. The Balaban J connectivity index is 1.64. The molecule has 0 saturated carbocycles. The van der Waals surface area contributed by atoms with Gasteiger partial charge in [0.25, 0.3) is 11.8 Å². The highest BCUT2D eigenvalue weighted by Crippen LogP contribution is 2.25. The first-order chi connectivity index (χ1) is 14.8. The molecule has 166 valence electrons. The second kappa shape index (κ2) is 10.4. The Morgan fingerprint density at radius 2 is 1.97 bits per heavy atom. The Morgan fingerprint density at radius 3 is 2.65 bits per heavy atom. The van der Waals surface area contributed by atoms with E-state index in [0.717, 1.165) is 12.8 Å². The van der Waals surface area contributed by atoms with Crippen LogP contribution in [0.1, 0.15) is 47.5 Å². The summed E-state index contributed by atoms with van der Waals surface area (Å²) < 4.78 is 0. The summed E-state index contributed by atoms with van der Waals surface area (Å²) >= 11 is 13.0. The predicted octanol–water partition coefficient (Wildman–Crippen LogP) is 4.42. The lowest BCUT2D eigenvalue weighted by molar-refractivity contribution is -0.136. The maximum Gasteiger partial charge on any atom is 0.273 e. The third-order valence-corrected chi connectivity index (χ3v) is 6.76. The standard InChI is InChI=1S/C21H24Cl2N4O3S/c1-3-26(4-2)19(29)14-6-5-9-27(11-14)20(30)17-12-31-21(24-17)25-18(28)13-7-8-15(22)16(23)10-13/h7-8,10,12,14H,3-6,9,11H2,1-2H3,(H,24,25,28)/t14-/m0/s1. The Kier molecular flexibility index (Phi) is 7.91. The number of nitrogens with one attached hydrogen (secondary N) is 1. The first-order valence-electron chi connectivity index (χ1n) is 10.1. The van der Waals surface area contributed by atoms with Gasteiger partial charge < -0.3 is 9.80 Å². The number of thiazole rings is 1. The van der Waals surface area contributed by atoms with Crippen LogP contribution in [-0.4, -0.2) is 58.7 Å². The molecule has 3 amide bonds. The van der Waals surface area contributed by atoms with Gasteiger partial charge in [0.05, 0.1) is 16.0 Å². The van der Waals surface area contributed by atoms with Gasteiger partial charge in [-0.3, -0.25) is 19.7 Å². The van der Waals surface area contributed by atoms with Crippen LogP contribution in [0.15, 0.2) is 23.6 Å². The van der Waals surface area contributed by atoms with Crippen molar-refractivity contribution in [2.24, 2.45) is 5.92 Å². The zero-order valence-corrected chi connectivity index (χ0v) is 19.7. The molecule has 0 spiro atoms. The van der Waals surface area contributed by atoms with Crippen LogP contribution in [0, 0.1) is 5.92 Å². The number of likely N-dealkylation sites (tertiary alicyclic amines) is 1. The minimum Gasteiger partial charge on any atom is -0.343 e. The number of piperidine rings is 1. The largest absolute Gasteiger partial charge is 0.343 e. The van der Waals surface area contributed by atoms with Gasteiger partial charge in [-0.25, -0.2) is 4.98 Å². The summed E-state index contributed by atoms with van der Waals surface area (Å²) in [5.74, 6) is -0.724. The number of amides is 3. The highest BCUT2D eigenvalue weighted by molar-refractivity contribution is 7.14. The molecule has 1 N–H and O–H groups in total. The van der Waals surface area contributed by atoms with Crippen molar-refractivity contribution in [2.45, 2.75) is 26.7 Å². The number of carbonyl (C=O) groups excluding carboxylic acids is 3. The Labute approximate surface area is 195 Å². The molecule has 2 aromatic rings. The van der Waals surface area contributed by atoms with Crippen molar-refractivity contribution < 1.29 is 14.4 Å². The van der Waals surface area contributed by atoms with Gasteiger partial charge in [-0.1, -0.05) is 23.2 Å². The lowest BCUT2D eigenvalue weighted by Gasteiger charge is -2.34. The van der Waals surface area contributed by atoms with Crippen LogP contribution in [0.3, 0.4) is 0 Å². The van der Waals surface area contributed by atoms with Crippen molar-refractivity contribution in [3.05, 3.63) is 44.9 Å². The fourth-order valence-corrected chi connectivity index (χ4v) is 4.53. The molecular weight excluding hydrogens is 459 g/mol. The Bertz CT molecular complexity index is 977. The van der Waals surface area contributed by atoms with Crippen molar-refractivity contribution in [1.29, 1.82) is 0 Å². The Hall–Kier alpha value is -2.16.